The predicted octanol–water partition coefficient (Wildman–Crippen LogP) is 3.26. The Morgan fingerprint density at radius 1 is 1.37 bits per heavy atom. The lowest BCUT2D eigenvalue weighted by molar-refractivity contribution is 0.173. The van der Waals surface area contributed by atoms with Crippen molar-refractivity contribution in [2.45, 2.75) is 38.0 Å². The Kier molecular flexibility index (Phi) is 3.42. The van der Waals surface area contributed by atoms with E-state index in [1.807, 2.05) is 6.92 Å². The van der Waals surface area contributed by atoms with E-state index in [1.165, 1.54) is 11.1 Å². The van der Waals surface area contributed by atoms with Crippen LogP contribution in [0.25, 0.3) is 0 Å². The van der Waals surface area contributed by atoms with Crippen molar-refractivity contribution in [3.8, 4) is 0 Å². The summed E-state index contributed by atoms with van der Waals surface area (Å²) in [5.41, 5.74) is 3.68. The number of thiazole rings is 1. The van der Waals surface area contributed by atoms with Gasteiger partial charge in [-0.25, -0.2) is 4.98 Å². The van der Waals surface area contributed by atoms with Gasteiger partial charge in [-0.05, 0) is 37.3 Å². The summed E-state index contributed by atoms with van der Waals surface area (Å²) < 4.78 is 0. The summed E-state index contributed by atoms with van der Waals surface area (Å²) in [5, 5.41) is 13.3. The number of aliphatic hydroxyl groups is 1. The Bertz CT molecular complexity index is 578. The smallest absolute Gasteiger partial charge is 0.0937 e. The van der Waals surface area contributed by atoms with Crippen LogP contribution in [0.5, 0.6) is 0 Å². The van der Waals surface area contributed by atoms with Crippen molar-refractivity contribution in [2.75, 3.05) is 6.61 Å². The SMILES string of the molecule is Cc1csc(CC2(CO)CCCc3ccccc32)n1. The molecule has 0 bridgehead atoms. The van der Waals surface area contributed by atoms with Gasteiger partial charge in [0.15, 0.2) is 0 Å². The highest BCUT2D eigenvalue weighted by Gasteiger charge is 2.36. The minimum atomic E-state index is -0.126. The Balaban J connectivity index is 2.00. The van der Waals surface area contributed by atoms with Crippen molar-refractivity contribution in [3.63, 3.8) is 0 Å². The van der Waals surface area contributed by atoms with Crippen LogP contribution in [0.2, 0.25) is 0 Å². The second kappa shape index (κ2) is 5.06. The number of aliphatic hydroxyl groups excluding tert-OH is 1. The Labute approximate surface area is 118 Å². The summed E-state index contributed by atoms with van der Waals surface area (Å²) >= 11 is 1.71. The standard InChI is InChI=1S/C16H19NOS/c1-12-10-19-15(17-12)9-16(11-18)8-4-6-13-5-2-3-7-14(13)16/h2-3,5,7,10,18H,4,6,8-9,11H2,1H3. The molecule has 3 heteroatoms. The second-order valence-corrected chi connectivity index (χ2v) is 6.45. The van der Waals surface area contributed by atoms with Crippen LogP contribution in [0.4, 0.5) is 0 Å². The Hall–Kier alpha value is -1.19. The number of aromatic nitrogens is 1. The largest absolute Gasteiger partial charge is 0.395 e. The quantitative estimate of drug-likeness (QED) is 0.931. The molecule has 0 aliphatic heterocycles. The summed E-state index contributed by atoms with van der Waals surface area (Å²) in [7, 11) is 0. The molecule has 1 heterocycles. The normalized spacial score (nSPS) is 22.2. The summed E-state index contributed by atoms with van der Waals surface area (Å²) in [6.07, 6.45) is 4.20. The zero-order chi connectivity index (χ0) is 13.3. The number of nitrogens with zero attached hydrogens (tertiary/aromatic N) is 1. The molecule has 2 aromatic rings. The summed E-state index contributed by atoms with van der Waals surface area (Å²) in [6.45, 7) is 2.24. The number of hydrogen-bond acceptors (Lipinski definition) is 3. The molecular formula is C16H19NOS. The fraction of sp³-hybridized carbons (Fsp3) is 0.438. The maximum atomic E-state index is 10.0. The van der Waals surface area contributed by atoms with Gasteiger partial charge in [-0.15, -0.1) is 11.3 Å². The van der Waals surface area contributed by atoms with Gasteiger partial charge in [-0.1, -0.05) is 24.3 Å². The fourth-order valence-corrected chi connectivity index (χ4v) is 4.10. The third kappa shape index (κ3) is 2.33. The van der Waals surface area contributed by atoms with Crippen molar-refractivity contribution in [1.29, 1.82) is 0 Å². The van der Waals surface area contributed by atoms with Crippen molar-refractivity contribution in [2.24, 2.45) is 0 Å². The van der Waals surface area contributed by atoms with Gasteiger partial charge >= 0.3 is 0 Å². The lowest BCUT2D eigenvalue weighted by Gasteiger charge is -2.37. The molecule has 2 nitrogen and oxygen atoms in total. The molecule has 0 fully saturated rings. The van der Waals surface area contributed by atoms with E-state index >= 15 is 0 Å². The molecule has 0 saturated heterocycles. The minimum absolute atomic E-state index is 0.126. The maximum absolute atomic E-state index is 10.0. The molecule has 100 valence electrons. The van der Waals surface area contributed by atoms with Gasteiger partial charge in [0.05, 0.1) is 11.6 Å². The number of rotatable bonds is 3. The molecule has 1 aromatic heterocycles. The van der Waals surface area contributed by atoms with Crippen molar-refractivity contribution >= 4 is 11.3 Å². The minimum Gasteiger partial charge on any atom is -0.395 e. The molecule has 1 N–H and O–H groups in total. The van der Waals surface area contributed by atoms with Gasteiger partial charge in [0.25, 0.3) is 0 Å². The highest BCUT2D eigenvalue weighted by atomic mass is 32.1. The molecule has 3 rings (SSSR count). The zero-order valence-corrected chi connectivity index (χ0v) is 12.0. The van der Waals surface area contributed by atoms with Crippen LogP contribution in [0.3, 0.4) is 0 Å². The predicted molar refractivity (Wildman–Crippen MR) is 78.7 cm³/mol. The summed E-state index contributed by atoms with van der Waals surface area (Å²) in [5.74, 6) is 0. The summed E-state index contributed by atoms with van der Waals surface area (Å²) in [4.78, 5) is 4.58. The third-order valence-electron chi connectivity index (χ3n) is 4.15. The van der Waals surface area contributed by atoms with E-state index in [9.17, 15) is 5.11 Å². The zero-order valence-electron chi connectivity index (χ0n) is 11.2. The van der Waals surface area contributed by atoms with Crippen molar-refractivity contribution in [1.82, 2.24) is 4.98 Å². The first-order valence-electron chi connectivity index (χ1n) is 6.84. The molecule has 0 amide bonds. The van der Waals surface area contributed by atoms with Gasteiger partial charge in [0.1, 0.15) is 0 Å². The summed E-state index contributed by atoms with van der Waals surface area (Å²) in [6, 6.07) is 8.57. The molecule has 1 aliphatic carbocycles. The average Bonchev–Trinajstić information content (AvgIpc) is 2.84. The fourth-order valence-electron chi connectivity index (χ4n) is 3.18. The van der Waals surface area contributed by atoms with E-state index in [-0.39, 0.29) is 12.0 Å². The Morgan fingerprint density at radius 3 is 2.95 bits per heavy atom. The monoisotopic (exact) mass is 273 g/mol. The average molecular weight is 273 g/mol. The van der Waals surface area contributed by atoms with E-state index in [4.69, 9.17) is 0 Å². The first kappa shape index (κ1) is 12.8. The number of hydrogen-bond donors (Lipinski definition) is 1. The highest BCUT2D eigenvalue weighted by molar-refractivity contribution is 7.09. The highest BCUT2D eigenvalue weighted by Crippen LogP contribution is 2.40. The van der Waals surface area contributed by atoms with Gasteiger partial charge < -0.3 is 5.11 Å². The molecular weight excluding hydrogens is 254 g/mol. The Morgan fingerprint density at radius 2 is 2.21 bits per heavy atom. The lowest BCUT2D eigenvalue weighted by Crippen LogP contribution is -2.37. The second-order valence-electron chi connectivity index (χ2n) is 5.51. The lowest BCUT2D eigenvalue weighted by atomic mass is 9.68. The molecule has 1 aromatic carbocycles. The first-order valence-corrected chi connectivity index (χ1v) is 7.72. The van der Waals surface area contributed by atoms with Crippen LogP contribution in [-0.2, 0) is 18.3 Å². The first-order chi connectivity index (χ1) is 9.23. The van der Waals surface area contributed by atoms with E-state index < -0.39 is 0 Å². The molecule has 1 aliphatic rings. The molecule has 1 unspecified atom stereocenters. The molecule has 0 saturated carbocycles. The number of fused-ring (bicyclic) bond motifs is 1. The van der Waals surface area contributed by atoms with Gasteiger partial charge in [0, 0.05) is 22.9 Å². The van der Waals surface area contributed by atoms with Crippen molar-refractivity contribution < 1.29 is 5.11 Å². The van der Waals surface area contributed by atoms with Crippen LogP contribution >= 0.6 is 11.3 Å². The molecule has 0 radical (unpaired) electrons. The topological polar surface area (TPSA) is 33.1 Å². The van der Waals surface area contributed by atoms with Crippen LogP contribution in [-0.4, -0.2) is 16.7 Å². The van der Waals surface area contributed by atoms with Gasteiger partial charge in [-0.2, -0.15) is 0 Å². The van der Waals surface area contributed by atoms with Crippen LogP contribution in [0.1, 0.15) is 34.7 Å². The number of aryl methyl sites for hydroxylation is 2. The maximum Gasteiger partial charge on any atom is 0.0937 e. The van der Waals surface area contributed by atoms with E-state index in [0.29, 0.717) is 0 Å². The number of benzene rings is 1. The van der Waals surface area contributed by atoms with E-state index in [0.717, 1.165) is 36.4 Å². The third-order valence-corrected chi connectivity index (χ3v) is 5.12. The van der Waals surface area contributed by atoms with Crippen LogP contribution in [0, 0.1) is 6.92 Å². The van der Waals surface area contributed by atoms with E-state index in [2.05, 4.69) is 34.6 Å². The van der Waals surface area contributed by atoms with Crippen LogP contribution in [0.15, 0.2) is 29.6 Å². The van der Waals surface area contributed by atoms with Gasteiger partial charge in [-0.3, -0.25) is 0 Å². The van der Waals surface area contributed by atoms with Crippen molar-refractivity contribution in [3.05, 3.63) is 51.5 Å². The van der Waals surface area contributed by atoms with E-state index in [1.54, 1.807) is 11.3 Å². The molecule has 0 spiro atoms. The molecule has 1 atom stereocenters. The molecule has 19 heavy (non-hydrogen) atoms. The van der Waals surface area contributed by atoms with Gasteiger partial charge in [0.2, 0.25) is 0 Å². The van der Waals surface area contributed by atoms with Crippen LogP contribution < -0.4 is 0 Å².